The Labute approximate surface area is 150 Å². The number of benzene rings is 2. The first-order valence-electron chi connectivity index (χ1n) is 9.84. The van der Waals surface area contributed by atoms with Crippen molar-refractivity contribution in [3.63, 3.8) is 0 Å². The second kappa shape index (κ2) is 5.30. The number of hydrogen-bond acceptors (Lipinski definition) is 1. The first-order valence-corrected chi connectivity index (χ1v) is 9.84. The summed E-state index contributed by atoms with van der Waals surface area (Å²) in [5.74, 6) is 2.20. The molecule has 0 amide bonds. The van der Waals surface area contributed by atoms with E-state index in [1.807, 2.05) is 0 Å². The van der Waals surface area contributed by atoms with Gasteiger partial charge in [-0.05, 0) is 77.0 Å². The molecule has 128 valence electrons. The van der Waals surface area contributed by atoms with Crippen LogP contribution >= 0.6 is 0 Å². The number of rotatable bonds is 2. The van der Waals surface area contributed by atoms with E-state index in [4.69, 9.17) is 0 Å². The molecule has 2 aromatic carbocycles. The van der Waals surface area contributed by atoms with Gasteiger partial charge in [-0.3, -0.25) is 4.79 Å². The molecule has 5 rings (SSSR count). The fourth-order valence-electron chi connectivity index (χ4n) is 5.78. The van der Waals surface area contributed by atoms with Crippen LogP contribution in [0.25, 0.3) is 10.8 Å². The average molecular weight is 330 g/mol. The Morgan fingerprint density at radius 3 is 2.76 bits per heavy atom. The molecule has 3 atom stereocenters. The molecule has 1 heteroatoms. The van der Waals surface area contributed by atoms with Crippen LogP contribution in [0.2, 0.25) is 0 Å². The Kier molecular flexibility index (Phi) is 3.26. The normalized spacial score (nSPS) is 30.0. The van der Waals surface area contributed by atoms with Crippen LogP contribution in [0.5, 0.6) is 0 Å². The topological polar surface area (TPSA) is 17.1 Å². The van der Waals surface area contributed by atoms with Crippen molar-refractivity contribution < 1.29 is 4.79 Å². The standard InChI is InChI=1S/C24H26O/c1-15(2)10-17-4-3-5-18-13-22-19(12-21(17)18)7-9-23(25)24(22)14-16-6-8-20(24)11-16/h3-6,8,12-13,15-16,20H,7,9-11,14H2,1-2H3. The second-order valence-electron chi connectivity index (χ2n) is 8.83. The second-order valence-corrected chi connectivity index (χ2v) is 8.83. The molecule has 3 unspecified atom stereocenters. The molecule has 1 spiro atoms. The summed E-state index contributed by atoms with van der Waals surface area (Å²) in [6.45, 7) is 4.57. The maximum atomic E-state index is 13.1. The van der Waals surface area contributed by atoms with Gasteiger partial charge in [-0.15, -0.1) is 0 Å². The molecule has 0 heterocycles. The zero-order valence-electron chi connectivity index (χ0n) is 15.2. The van der Waals surface area contributed by atoms with E-state index in [1.165, 1.54) is 33.9 Å². The summed E-state index contributed by atoms with van der Waals surface area (Å²) in [7, 11) is 0. The maximum absolute atomic E-state index is 13.1. The van der Waals surface area contributed by atoms with Crippen molar-refractivity contribution in [3.8, 4) is 0 Å². The molecule has 1 nitrogen and oxygen atoms in total. The summed E-state index contributed by atoms with van der Waals surface area (Å²) in [6, 6.07) is 11.5. The number of ketones is 1. The van der Waals surface area contributed by atoms with Gasteiger partial charge in [0.25, 0.3) is 0 Å². The molecule has 1 fully saturated rings. The molecule has 1 saturated carbocycles. The van der Waals surface area contributed by atoms with Crippen molar-refractivity contribution in [3.05, 3.63) is 59.2 Å². The molecule has 0 radical (unpaired) electrons. The summed E-state index contributed by atoms with van der Waals surface area (Å²) in [6.07, 6.45) is 9.66. The highest BCUT2D eigenvalue weighted by molar-refractivity contribution is 5.97. The summed E-state index contributed by atoms with van der Waals surface area (Å²) in [5.41, 5.74) is 4.03. The number of aryl methyl sites for hydroxylation is 1. The molecular formula is C24H26O. The van der Waals surface area contributed by atoms with Crippen LogP contribution < -0.4 is 0 Å². The minimum absolute atomic E-state index is 0.213. The first kappa shape index (κ1) is 15.4. The summed E-state index contributed by atoms with van der Waals surface area (Å²) >= 11 is 0. The van der Waals surface area contributed by atoms with Gasteiger partial charge in [0.15, 0.2) is 0 Å². The predicted molar refractivity (Wildman–Crippen MR) is 103 cm³/mol. The average Bonchev–Trinajstić information content (AvgIpc) is 3.19. The lowest BCUT2D eigenvalue weighted by Gasteiger charge is -2.40. The Hall–Kier alpha value is -1.89. The minimum Gasteiger partial charge on any atom is -0.299 e. The summed E-state index contributed by atoms with van der Waals surface area (Å²) in [4.78, 5) is 13.1. The van der Waals surface area contributed by atoms with Crippen LogP contribution in [0.1, 0.15) is 49.8 Å². The lowest BCUT2D eigenvalue weighted by atomic mass is 9.62. The van der Waals surface area contributed by atoms with Gasteiger partial charge in [-0.25, -0.2) is 0 Å². The SMILES string of the molecule is CC(C)Cc1cccc2cc3c(cc12)CCC(=O)C31CC2C=CC1C2. The number of fused-ring (bicyclic) bond motifs is 6. The molecule has 2 aromatic rings. The number of Topliss-reactive ketones (excluding diaryl/α,β-unsaturated/α-hetero) is 1. The quantitative estimate of drug-likeness (QED) is 0.675. The van der Waals surface area contributed by atoms with Gasteiger partial charge < -0.3 is 0 Å². The van der Waals surface area contributed by atoms with E-state index >= 15 is 0 Å². The highest BCUT2D eigenvalue weighted by Crippen LogP contribution is 2.57. The molecule has 0 aromatic heterocycles. The van der Waals surface area contributed by atoms with Gasteiger partial charge in [0.2, 0.25) is 0 Å². The van der Waals surface area contributed by atoms with Crippen LogP contribution in [-0.4, -0.2) is 5.78 Å². The lowest BCUT2D eigenvalue weighted by Crippen LogP contribution is -2.43. The number of carbonyl (C=O) groups excluding carboxylic acids is 1. The first-order chi connectivity index (χ1) is 12.1. The van der Waals surface area contributed by atoms with Crippen molar-refractivity contribution in [2.45, 2.75) is 51.4 Å². The van der Waals surface area contributed by atoms with E-state index in [1.54, 1.807) is 0 Å². The summed E-state index contributed by atoms with van der Waals surface area (Å²) < 4.78 is 0. The molecule has 25 heavy (non-hydrogen) atoms. The lowest BCUT2D eigenvalue weighted by molar-refractivity contribution is -0.126. The zero-order valence-corrected chi connectivity index (χ0v) is 15.2. The Bertz CT molecular complexity index is 904. The molecule has 0 saturated heterocycles. The number of hydrogen-bond donors (Lipinski definition) is 0. The number of allylic oxidation sites excluding steroid dienone is 2. The third-order valence-corrected chi connectivity index (χ3v) is 6.81. The van der Waals surface area contributed by atoms with Crippen LogP contribution in [-0.2, 0) is 23.1 Å². The van der Waals surface area contributed by atoms with Crippen molar-refractivity contribution in [2.24, 2.45) is 17.8 Å². The highest BCUT2D eigenvalue weighted by atomic mass is 16.1. The van der Waals surface area contributed by atoms with E-state index in [9.17, 15) is 4.79 Å². The fourth-order valence-corrected chi connectivity index (χ4v) is 5.78. The Morgan fingerprint density at radius 1 is 1.16 bits per heavy atom. The molecule has 2 bridgehead atoms. The van der Waals surface area contributed by atoms with Crippen LogP contribution in [0.15, 0.2) is 42.5 Å². The van der Waals surface area contributed by atoms with E-state index < -0.39 is 0 Å². The molecule has 3 aliphatic carbocycles. The fraction of sp³-hybridized carbons (Fsp3) is 0.458. The Morgan fingerprint density at radius 2 is 2.04 bits per heavy atom. The maximum Gasteiger partial charge on any atom is 0.144 e. The van der Waals surface area contributed by atoms with Gasteiger partial charge in [-0.2, -0.15) is 0 Å². The van der Waals surface area contributed by atoms with E-state index in [-0.39, 0.29) is 5.41 Å². The van der Waals surface area contributed by atoms with E-state index in [0.717, 1.165) is 25.7 Å². The van der Waals surface area contributed by atoms with Gasteiger partial charge in [0.05, 0.1) is 5.41 Å². The van der Waals surface area contributed by atoms with Crippen LogP contribution in [0, 0.1) is 17.8 Å². The third-order valence-electron chi connectivity index (χ3n) is 6.81. The van der Waals surface area contributed by atoms with Crippen LogP contribution in [0.4, 0.5) is 0 Å². The molecular weight excluding hydrogens is 304 g/mol. The number of carbonyl (C=O) groups is 1. The zero-order chi connectivity index (χ0) is 17.2. The Balaban J connectivity index is 1.72. The van der Waals surface area contributed by atoms with Gasteiger partial charge in [0, 0.05) is 6.42 Å². The monoisotopic (exact) mass is 330 g/mol. The minimum atomic E-state index is -0.213. The van der Waals surface area contributed by atoms with Crippen molar-refractivity contribution in [2.75, 3.05) is 0 Å². The largest absolute Gasteiger partial charge is 0.299 e. The molecule has 0 N–H and O–H groups in total. The van der Waals surface area contributed by atoms with Crippen molar-refractivity contribution in [1.82, 2.24) is 0 Å². The van der Waals surface area contributed by atoms with Crippen molar-refractivity contribution >= 4 is 16.6 Å². The van der Waals surface area contributed by atoms with E-state index in [0.29, 0.717) is 23.5 Å². The molecule has 3 aliphatic rings. The van der Waals surface area contributed by atoms with Gasteiger partial charge in [0.1, 0.15) is 5.78 Å². The highest BCUT2D eigenvalue weighted by Gasteiger charge is 2.55. The van der Waals surface area contributed by atoms with Gasteiger partial charge in [-0.1, -0.05) is 50.3 Å². The third kappa shape index (κ3) is 2.11. The molecule has 0 aliphatic heterocycles. The van der Waals surface area contributed by atoms with E-state index in [2.05, 4.69) is 56.3 Å². The van der Waals surface area contributed by atoms with Crippen molar-refractivity contribution in [1.29, 1.82) is 0 Å². The predicted octanol–water partition coefficient (Wildman–Crippen LogP) is 5.39. The van der Waals surface area contributed by atoms with Gasteiger partial charge >= 0.3 is 0 Å². The van der Waals surface area contributed by atoms with Crippen LogP contribution in [0.3, 0.4) is 0 Å². The smallest absolute Gasteiger partial charge is 0.144 e. The summed E-state index contributed by atoms with van der Waals surface area (Å²) in [5, 5.41) is 2.72.